The lowest BCUT2D eigenvalue weighted by Crippen LogP contribution is -2.15. The van der Waals surface area contributed by atoms with Gasteiger partial charge in [0.1, 0.15) is 0 Å². The highest BCUT2D eigenvalue weighted by Gasteiger charge is 2.14. The molecule has 0 saturated carbocycles. The largest absolute Gasteiger partial charge is 0.493 e. The predicted octanol–water partition coefficient (Wildman–Crippen LogP) is 3.63. The van der Waals surface area contributed by atoms with Crippen LogP contribution in [-0.4, -0.2) is 39.3 Å². The van der Waals surface area contributed by atoms with Crippen molar-refractivity contribution in [2.75, 3.05) is 30.0 Å². The summed E-state index contributed by atoms with van der Waals surface area (Å²) in [4.78, 5) is 17.1. The van der Waals surface area contributed by atoms with Gasteiger partial charge in [0.05, 0.1) is 36.8 Å². The van der Waals surface area contributed by atoms with E-state index < -0.39 is 10.0 Å². The van der Waals surface area contributed by atoms with E-state index in [0.29, 0.717) is 22.9 Å². The Morgan fingerprint density at radius 1 is 1.00 bits per heavy atom. The Morgan fingerprint density at radius 3 is 2.39 bits per heavy atom. The third kappa shape index (κ3) is 6.12. The van der Waals surface area contributed by atoms with E-state index in [1.165, 1.54) is 42.2 Å². The van der Waals surface area contributed by atoms with Gasteiger partial charge in [-0.15, -0.1) is 11.8 Å². The molecule has 0 unspecified atom stereocenters. The van der Waals surface area contributed by atoms with Gasteiger partial charge < -0.3 is 14.8 Å². The third-order valence-corrected chi connectivity index (χ3v) is 6.48. The van der Waals surface area contributed by atoms with Gasteiger partial charge in [0.15, 0.2) is 11.5 Å². The second-order valence-electron chi connectivity index (χ2n) is 6.23. The lowest BCUT2D eigenvalue weighted by molar-refractivity contribution is -0.113. The van der Waals surface area contributed by atoms with Crippen molar-refractivity contribution in [3.05, 3.63) is 67.0 Å². The Bertz CT molecular complexity index is 1140. The highest BCUT2D eigenvalue weighted by atomic mass is 32.2. The molecule has 0 saturated heterocycles. The zero-order chi connectivity index (χ0) is 22.3. The van der Waals surface area contributed by atoms with Gasteiger partial charge in [-0.2, -0.15) is 0 Å². The van der Waals surface area contributed by atoms with Crippen LogP contribution in [0.3, 0.4) is 0 Å². The maximum absolute atomic E-state index is 12.4. The number of carbonyl (C=O) groups excluding carboxylic acids is 1. The minimum Gasteiger partial charge on any atom is -0.493 e. The molecule has 0 aliphatic carbocycles. The van der Waals surface area contributed by atoms with Crippen LogP contribution in [0, 0.1) is 0 Å². The first-order valence-electron chi connectivity index (χ1n) is 9.09. The number of sulfonamides is 1. The summed E-state index contributed by atoms with van der Waals surface area (Å²) in [5.74, 6) is 1.16. The summed E-state index contributed by atoms with van der Waals surface area (Å²) in [5.41, 5.74) is 0.866. The van der Waals surface area contributed by atoms with Crippen LogP contribution in [-0.2, 0) is 14.8 Å². The topological polar surface area (TPSA) is 107 Å². The lowest BCUT2D eigenvalue weighted by Gasteiger charge is -2.10. The first kappa shape index (κ1) is 22.4. The molecule has 0 fully saturated rings. The third-order valence-electron chi connectivity index (χ3n) is 4.09. The number of benzene rings is 2. The van der Waals surface area contributed by atoms with Crippen LogP contribution in [0.4, 0.5) is 11.4 Å². The molecule has 1 aromatic heterocycles. The maximum atomic E-state index is 12.4. The number of amides is 1. The van der Waals surface area contributed by atoms with E-state index in [1.807, 2.05) is 6.07 Å². The van der Waals surface area contributed by atoms with Crippen molar-refractivity contribution in [1.82, 2.24) is 4.98 Å². The summed E-state index contributed by atoms with van der Waals surface area (Å²) < 4.78 is 37.8. The molecule has 162 valence electrons. The van der Waals surface area contributed by atoms with E-state index in [4.69, 9.17) is 9.47 Å². The molecule has 0 aliphatic heterocycles. The summed E-state index contributed by atoms with van der Waals surface area (Å²) >= 11 is 1.35. The minimum atomic E-state index is -3.75. The van der Waals surface area contributed by atoms with E-state index in [9.17, 15) is 13.2 Å². The molecule has 2 N–H and O–H groups in total. The van der Waals surface area contributed by atoms with E-state index >= 15 is 0 Å². The molecular formula is C21H21N3O5S2. The van der Waals surface area contributed by atoms with Gasteiger partial charge >= 0.3 is 0 Å². The number of carbonyl (C=O) groups is 1. The molecule has 10 heteroatoms. The second kappa shape index (κ2) is 10.2. The van der Waals surface area contributed by atoms with Crippen molar-refractivity contribution in [2.24, 2.45) is 0 Å². The van der Waals surface area contributed by atoms with E-state index in [2.05, 4.69) is 15.0 Å². The summed E-state index contributed by atoms with van der Waals surface area (Å²) in [7, 11) is -0.636. The average Bonchev–Trinajstić information content (AvgIpc) is 2.78. The van der Waals surface area contributed by atoms with Gasteiger partial charge in [0.25, 0.3) is 10.0 Å². The molecular weight excluding hydrogens is 438 g/mol. The second-order valence-corrected chi connectivity index (χ2v) is 8.96. The fraction of sp³-hybridized carbons (Fsp3) is 0.143. The summed E-state index contributed by atoms with van der Waals surface area (Å²) in [6.45, 7) is 0. The van der Waals surface area contributed by atoms with Gasteiger partial charge in [-0.1, -0.05) is 0 Å². The smallest absolute Gasteiger partial charge is 0.261 e. The van der Waals surface area contributed by atoms with Gasteiger partial charge in [0, 0.05) is 16.8 Å². The molecule has 0 atom stereocenters. The number of rotatable bonds is 9. The lowest BCUT2D eigenvalue weighted by atomic mass is 10.3. The number of ether oxygens (including phenoxy) is 2. The Balaban J connectivity index is 1.57. The molecule has 31 heavy (non-hydrogen) atoms. The Labute approximate surface area is 185 Å². The standard InChI is InChI=1S/C21H21N3O5S2/c1-28-19-10-7-17(12-20(19)29-2)30-14-21(25)23-15-5-8-18(9-6-15)31(26,27)24-16-4-3-11-22-13-16/h3-13,24H,14H2,1-2H3,(H,23,25). The van der Waals surface area contributed by atoms with Crippen LogP contribution in [0.15, 0.2) is 76.8 Å². The fourth-order valence-corrected chi connectivity index (χ4v) is 4.37. The monoisotopic (exact) mass is 459 g/mol. The number of anilines is 2. The Kier molecular flexibility index (Phi) is 7.37. The molecule has 3 aromatic rings. The number of thioether (sulfide) groups is 1. The molecule has 0 radical (unpaired) electrons. The SMILES string of the molecule is COc1ccc(SCC(=O)Nc2ccc(S(=O)(=O)Nc3cccnc3)cc2)cc1OC. The van der Waals surface area contributed by atoms with Gasteiger partial charge in [-0.05, 0) is 54.6 Å². The first-order valence-corrected chi connectivity index (χ1v) is 11.6. The van der Waals surface area contributed by atoms with Crippen LogP contribution in [0.25, 0.3) is 0 Å². The quantitative estimate of drug-likeness (QED) is 0.471. The summed E-state index contributed by atoms with van der Waals surface area (Å²) in [6.07, 6.45) is 2.97. The number of nitrogens with zero attached hydrogens (tertiary/aromatic N) is 1. The maximum Gasteiger partial charge on any atom is 0.261 e. The van der Waals surface area contributed by atoms with Crippen molar-refractivity contribution in [3.63, 3.8) is 0 Å². The molecule has 3 rings (SSSR count). The first-order chi connectivity index (χ1) is 14.9. The van der Waals surface area contributed by atoms with E-state index in [-0.39, 0.29) is 16.6 Å². The minimum absolute atomic E-state index is 0.0778. The Hall–Kier alpha value is -3.24. The van der Waals surface area contributed by atoms with Crippen molar-refractivity contribution < 1.29 is 22.7 Å². The predicted molar refractivity (Wildman–Crippen MR) is 120 cm³/mol. The Morgan fingerprint density at radius 2 is 1.74 bits per heavy atom. The van der Waals surface area contributed by atoms with Crippen molar-refractivity contribution >= 4 is 39.1 Å². The normalized spacial score (nSPS) is 10.9. The fourth-order valence-electron chi connectivity index (χ4n) is 2.61. The molecule has 0 aliphatic rings. The highest BCUT2D eigenvalue weighted by molar-refractivity contribution is 8.00. The van der Waals surface area contributed by atoms with Crippen molar-refractivity contribution in [3.8, 4) is 11.5 Å². The zero-order valence-electron chi connectivity index (χ0n) is 16.9. The molecule has 2 aromatic carbocycles. The van der Waals surface area contributed by atoms with Crippen molar-refractivity contribution in [2.45, 2.75) is 9.79 Å². The highest BCUT2D eigenvalue weighted by Crippen LogP contribution is 2.31. The van der Waals surface area contributed by atoms with E-state index in [0.717, 1.165) is 4.90 Å². The molecule has 0 spiro atoms. The van der Waals surface area contributed by atoms with Crippen LogP contribution >= 0.6 is 11.8 Å². The van der Waals surface area contributed by atoms with Gasteiger partial charge in [-0.3, -0.25) is 14.5 Å². The van der Waals surface area contributed by atoms with Crippen LogP contribution in [0.2, 0.25) is 0 Å². The van der Waals surface area contributed by atoms with Gasteiger partial charge in [-0.25, -0.2) is 8.42 Å². The number of hydrogen-bond donors (Lipinski definition) is 2. The molecule has 0 bridgehead atoms. The zero-order valence-corrected chi connectivity index (χ0v) is 18.5. The van der Waals surface area contributed by atoms with Gasteiger partial charge in [0.2, 0.25) is 5.91 Å². The summed E-state index contributed by atoms with van der Waals surface area (Å²) in [5, 5.41) is 2.75. The molecule has 1 amide bonds. The number of aromatic nitrogens is 1. The van der Waals surface area contributed by atoms with E-state index in [1.54, 1.807) is 44.7 Å². The number of nitrogens with one attached hydrogen (secondary N) is 2. The van der Waals surface area contributed by atoms with Crippen LogP contribution < -0.4 is 19.5 Å². The van der Waals surface area contributed by atoms with Crippen LogP contribution in [0.1, 0.15) is 0 Å². The van der Waals surface area contributed by atoms with Crippen molar-refractivity contribution in [1.29, 1.82) is 0 Å². The summed E-state index contributed by atoms with van der Waals surface area (Å²) in [6, 6.07) is 14.6. The average molecular weight is 460 g/mol. The number of methoxy groups -OCH3 is 2. The van der Waals surface area contributed by atoms with Crippen LogP contribution in [0.5, 0.6) is 11.5 Å². The molecule has 1 heterocycles. The molecule has 8 nitrogen and oxygen atoms in total. The number of pyridine rings is 1. The number of hydrogen-bond acceptors (Lipinski definition) is 7.